The van der Waals surface area contributed by atoms with Crippen LogP contribution in [0.1, 0.15) is 52.4 Å². The summed E-state index contributed by atoms with van der Waals surface area (Å²) >= 11 is 0. The molecule has 0 aliphatic heterocycles. The second kappa shape index (κ2) is 10.5. The van der Waals surface area contributed by atoms with Crippen LogP contribution in [0.15, 0.2) is 47.5 Å². The number of phenols is 1. The third kappa shape index (κ3) is 4.23. The van der Waals surface area contributed by atoms with Crippen LogP contribution in [-0.2, 0) is 33.6 Å². The molecule has 11 heteroatoms. The maximum Gasteiger partial charge on any atom is 0.255 e. The molecule has 0 bridgehead atoms. The second-order valence-electron chi connectivity index (χ2n) is 11.4. The van der Waals surface area contributed by atoms with Crippen LogP contribution in [-0.4, -0.2) is 79.3 Å². The van der Waals surface area contributed by atoms with E-state index in [1.807, 2.05) is 6.92 Å². The molecule has 1 fully saturated rings. The smallest absolute Gasteiger partial charge is 0.255 e. The minimum Gasteiger partial charge on any atom is -0.508 e. The van der Waals surface area contributed by atoms with Gasteiger partial charge in [-0.25, -0.2) is 0 Å². The summed E-state index contributed by atoms with van der Waals surface area (Å²) in [4.78, 5) is 57.5. The fourth-order valence-electron chi connectivity index (χ4n) is 6.88. The van der Waals surface area contributed by atoms with Gasteiger partial charge in [-0.15, -0.1) is 0 Å². The average molecular weight is 576 g/mol. The van der Waals surface area contributed by atoms with Gasteiger partial charge in [0.2, 0.25) is 5.78 Å². The predicted octanol–water partition coefficient (Wildman–Crippen LogP) is 1.74. The Morgan fingerprint density at radius 2 is 1.88 bits per heavy atom. The van der Waals surface area contributed by atoms with Crippen molar-refractivity contribution in [3.8, 4) is 5.75 Å². The van der Waals surface area contributed by atoms with E-state index in [0.717, 1.165) is 5.56 Å². The number of carbonyl (C=O) groups excluding carboxylic acids is 4. The third-order valence-corrected chi connectivity index (χ3v) is 8.88. The van der Waals surface area contributed by atoms with E-state index in [1.165, 1.54) is 11.1 Å². The first-order valence-electron chi connectivity index (χ1n) is 13.8. The zero-order chi connectivity index (χ0) is 30.7. The highest BCUT2D eigenvalue weighted by molar-refractivity contribution is 6.24. The van der Waals surface area contributed by atoms with Gasteiger partial charge >= 0.3 is 0 Å². The van der Waals surface area contributed by atoms with Crippen LogP contribution >= 0.6 is 0 Å². The Morgan fingerprint density at radius 3 is 2.48 bits per heavy atom. The Bertz CT molecular complexity index is 1590. The number of likely N-dealkylation sites (N-methyl/N-ethyl adjacent to an activating group) is 1. The molecular weight excluding hydrogens is 542 g/mol. The summed E-state index contributed by atoms with van der Waals surface area (Å²) in [6, 6.07) is 3.96. The van der Waals surface area contributed by atoms with Crippen LogP contribution in [0.3, 0.4) is 0 Å². The van der Waals surface area contributed by atoms with Crippen molar-refractivity contribution in [2.75, 3.05) is 14.1 Å². The molecular formula is C31H33N3O8. The number of aromatic hydroxyl groups is 1. The molecule has 0 saturated heterocycles. The van der Waals surface area contributed by atoms with Crippen LogP contribution in [0.2, 0.25) is 0 Å². The number of Topliss-reactive ketones (excluding diaryl/α,β-unsaturated/α-hetero) is 3. The second-order valence-corrected chi connectivity index (χ2v) is 11.4. The van der Waals surface area contributed by atoms with Gasteiger partial charge in [-0.1, -0.05) is 13.0 Å². The fraction of sp³-hybridized carbons (Fsp3) is 0.387. The first kappa shape index (κ1) is 29.2. The number of pyridine rings is 1. The fourth-order valence-corrected chi connectivity index (χ4v) is 6.88. The Labute approximate surface area is 242 Å². The molecule has 0 radical (unpaired) electrons. The number of phenolic OH excluding ortho intramolecular Hbond substituents is 1. The van der Waals surface area contributed by atoms with Gasteiger partial charge in [0.15, 0.2) is 17.2 Å². The minimum atomic E-state index is -2.69. The van der Waals surface area contributed by atoms with Crippen molar-refractivity contribution in [1.29, 1.82) is 0 Å². The molecule has 1 saturated carbocycles. The first-order chi connectivity index (χ1) is 19.8. The van der Waals surface area contributed by atoms with Gasteiger partial charge in [-0.3, -0.25) is 29.1 Å². The molecule has 0 unspecified atom stereocenters. The highest BCUT2D eigenvalue weighted by Gasteiger charge is 2.64. The lowest BCUT2D eigenvalue weighted by atomic mass is 9.57. The molecule has 3 aliphatic rings. The quantitative estimate of drug-likeness (QED) is 0.240. The summed E-state index contributed by atoms with van der Waals surface area (Å²) in [5, 5.41) is 45.6. The van der Waals surface area contributed by atoms with Gasteiger partial charge in [-0.05, 0) is 74.5 Å². The summed E-state index contributed by atoms with van der Waals surface area (Å²) in [5.41, 5.74) is 3.93. The summed E-state index contributed by atoms with van der Waals surface area (Å²) in [5.74, 6) is -7.04. The van der Waals surface area contributed by atoms with Gasteiger partial charge in [0.1, 0.15) is 22.8 Å². The summed E-state index contributed by atoms with van der Waals surface area (Å²) < 4.78 is 0. The number of benzene rings is 1. The summed E-state index contributed by atoms with van der Waals surface area (Å²) in [6.07, 6.45) is 4.03. The number of hydrogen-bond donors (Lipinski definition) is 5. The number of aryl methyl sites for hydroxylation is 2. The van der Waals surface area contributed by atoms with E-state index in [0.29, 0.717) is 23.1 Å². The Kier molecular flexibility index (Phi) is 7.28. The number of aliphatic hydroxyl groups excluding tert-OH is 2. The predicted molar refractivity (Wildman–Crippen MR) is 151 cm³/mol. The molecule has 42 heavy (non-hydrogen) atoms. The van der Waals surface area contributed by atoms with E-state index in [4.69, 9.17) is 5.73 Å². The van der Waals surface area contributed by atoms with Crippen molar-refractivity contribution in [3.63, 3.8) is 0 Å². The number of hydrogen-bond acceptors (Lipinski definition) is 10. The van der Waals surface area contributed by atoms with Crippen LogP contribution in [0.5, 0.6) is 5.75 Å². The molecule has 1 amide bonds. The van der Waals surface area contributed by atoms with Gasteiger partial charge in [0.25, 0.3) is 5.91 Å². The number of amides is 1. The molecule has 5 rings (SSSR count). The maximum absolute atomic E-state index is 14.0. The Morgan fingerprint density at radius 1 is 1.17 bits per heavy atom. The molecule has 1 aromatic heterocycles. The zero-order valence-electron chi connectivity index (χ0n) is 23.5. The van der Waals surface area contributed by atoms with Gasteiger partial charge < -0.3 is 26.2 Å². The van der Waals surface area contributed by atoms with Crippen molar-refractivity contribution in [2.24, 2.45) is 17.6 Å². The van der Waals surface area contributed by atoms with E-state index in [1.54, 1.807) is 38.5 Å². The van der Waals surface area contributed by atoms with Gasteiger partial charge in [-0.2, -0.15) is 0 Å². The summed E-state index contributed by atoms with van der Waals surface area (Å²) in [7, 11) is 3.11. The number of nitrogens with two attached hydrogens (primary N) is 1. The van der Waals surface area contributed by atoms with Crippen LogP contribution in [0, 0.1) is 11.8 Å². The topological polar surface area (TPSA) is 191 Å². The molecule has 2 aromatic rings. The molecule has 11 nitrogen and oxygen atoms in total. The lowest BCUT2D eigenvalue weighted by Gasteiger charge is -2.50. The SMILES string of the molecule is CCc1cc(CCC(=O)c2cccnc2)c(O)c2c1C[C@@H]1C[C@@H]3[C@@H](N(C)C)C(=O)C(C(N)=O)=C(O)[C@]3(O)C(=O)C1=C2O. The monoisotopic (exact) mass is 575 g/mol. The number of primary amides is 1. The van der Waals surface area contributed by atoms with Crippen LogP contribution in [0.4, 0.5) is 0 Å². The number of carbonyl (C=O) groups is 4. The van der Waals surface area contributed by atoms with E-state index in [9.17, 15) is 39.6 Å². The lowest BCUT2D eigenvalue weighted by molar-refractivity contribution is -0.153. The Hall–Kier alpha value is -4.35. The first-order valence-corrected chi connectivity index (χ1v) is 13.8. The van der Waals surface area contributed by atoms with Gasteiger partial charge in [0.05, 0.1) is 11.6 Å². The molecule has 6 N–H and O–H groups in total. The standard InChI is InChI=1S/C31H33N3O8/c1-4-14-10-15(7-8-20(35)16-6-5-9-33-13-16)25(36)22-18(14)11-17-12-19-24(34(2)3)27(38)23(30(32)41)29(40)31(19,42)28(39)21(17)26(22)37/h5-6,9-10,13,17,19,24,36-37,40,42H,4,7-8,11-12H2,1-3H3,(H2,32,41)/t17-,19-,24-,31-/m1/s1. The normalized spacial score (nSPS) is 25.3. The molecule has 1 heterocycles. The highest BCUT2D eigenvalue weighted by Crippen LogP contribution is 2.53. The van der Waals surface area contributed by atoms with Crippen molar-refractivity contribution in [3.05, 3.63) is 75.3 Å². The van der Waals surface area contributed by atoms with Crippen molar-refractivity contribution in [1.82, 2.24) is 9.88 Å². The molecule has 0 spiro atoms. The average Bonchev–Trinajstić information content (AvgIpc) is 2.94. The number of nitrogens with zero attached hydrogens (tertiary/aromatic N) is 2. The van der Waals surface area contributed by atoms with Crippen molar-refractivity contribution >= 4 is 29.0 Å². The lowest BCUT2D eigenvalue weighted by Crippen LogP contribution is -2.65. The van der Waals surface area contributed by atoms with Crippen LogP contribution in [0.25, 0.3) is 5.76 Å². The molecule has 3 aliphatic carbocycles. The number of aliphatic hydroxyl groups is 3. The zero-order valence-corrected chi connectivity index (χ0v) is 23.5. The number of rotatable bonds is 7. The van der Waals surface area contributed by atoms with Crippen LogP contribution < -0.4 is 5.73 Å². The van der Waals surface area contributed by atoms with E-state index in [2.05, 4.69) is 4.98 Å². The minimum absolute atomic E-state index is 0.0248. The third-order valence-electron chi connectivity index (χ3n) is 8.88. The largest absolute Gasteiger partial charge is 0.508 e. The molecule has 4 atom stereocenters. The number of aromatic nitrogens is 1. The molecule has 1 aromatic carbocycles. The van der Waals surface area contributed by atoms with E-state index < -0.39 is 58.0 Å². The number of fused-ring (bicyclic) bond motifs is 3. The Balaban J connectivity index is 1.62. The summed E-state index contributed by atoms with van der Waals surface area (Å²) in [6.45, 7) is 1.91. The van der Waals surface area contributed by atoms with Gasteiger partial charge in [0, 0.05) is 35.9 Å². The highest BCUT2D eigenvalue weighted by atomic mass is 16.3. The number of ketones is 3. The maximum atomic E-state index is 14.0. The van der Waals surface area contributed by atoms with E-state index in [-0.39, 0.29) is 48.4 Å². The van der Waals surface area contributed by atoms with E-state index >= 15 is 0 Å². The van der Waals surface area contributed by atoms with Crippen molar-refractivity contribution < 1.29 is 39.6 Å². The van der Waals surface area contributed by atoms with Crippen molar-refractivity contribution in [2.45, 2.75) is 50.7 Å². The molecule has 220 valence electrons.